The SMILES string of the molecule is COc1cc(N)cc(C(=O)Nc2cc(F)c(C)cc2F)c1. The predicted octanol–water partition coefficient (Wildman–Crippen LogP) is 3.12. The smallest absolute Gasteiger partial charge is 0.255 e. The molecule has 0 unspecified atom stereocenters. The quantitative estimate of drug-likeness (QED) is 0.854. The molecule has 1 amide bonds. The second kappa shape index (κ2) is 5.78. The zero-order valence-corrected chi connectivity index (χ0v) is 11.5. The minimum Gasteiger partial charge on any atom is -0.497 e. The van der Waals surface area contributed by atoms with Crippen LogP contribution in [-0.4, -0.2) is 13.0 Å². The van der Waals surface area contributed by atoms with E-state index in [2.05, 4.69) is 5.32 Å². The Labute approximate surface area is 120 Å². The highest BCUT2D eigenvalue weighted by Crippen LogP contribution is 2.22. The van der Waals surface area contributed by atoms with Crippen molar-refractivity contribution in [2.24, 2.45) is 0 Å². The fourth-order valence-electron chi connectivity index (χ4n) is 1.81. The number of nitrogens with one attached hydrogen (secondary N) is 1. The maximum atomic E-state index is 13.7. The van der Waals surface area contributed by atoms with Gasteiger partial charge in [-0.3, -0.25) is 4.79 Å². The number of benzene rings is 2. The molecule has 0 fully saturated rings. The summed E-state index contributed by atoms with van der Waals surface area (Å²) in [5, 5.41) is 2.31. The van der Waals surface area contributed by atoms with Crippen molar-refractivity contribution in [3.8, 4) is 5.75 Å². The third-order valence-electron chi connectivity index (χ3n) is 2.92. The second-order valence-corrected chi connectivity index (χ2v) is 4.53. The monoisotopic (exact) mass is 292 g/mol. The van der Waals surface area contributed by atoms with Gasteiger partial charge in [-0.1, -0.05) is 0 Å². The molecule has 2 aromatic rings. The van der Waals surface area contributed by atoms with E-state index in [0.717, 1.165) is 12.1 Å². The first-order valence-corrected chi connectivity index (χ1v) is 6.12. The van der Waals surface area contributed by atoms with Crippen LogP contribution in [-0.2, 0) is 0 Å². The Hall–Kier alpha value is -2.63. The highest BCUT2D eigenvalue weighted by Gasteiger charge is 2.13. The van der Waals surface area contributed by atoms with Crippen molar-refractivity contribution in [3.05, 3.63) is 53.1 Å². The van der Waals surface area contributed by atoms with Gasteiger partial charge in [-0.25, -0.2) is 8.78 Å². The average Bonchev–Trinajstić information content (AvgIpc) is 2.43. The summed E-state index contributed by atoms with van der Waals surface area (Å²) in [5.41, 5.74) is 6.09. The predicted molar refractivity (Wildman–Crippen MR) is 76.5 cm³/mol. The Bertz CT molecular complexity index is 702. The molecule has 0 saturated carbocycles. The zero-order chi connectivity index (χ0) is 15.6. The number of methoxy groups -OCH3 is 1. The van der Waals surface area contributed by atoms with E-state index < -0.39 is 17.5 Å². The number of carbonyl (C=O) groups is 1. The molecule has 110 valence electrons. The van der Waals surface area contributed by atoms with Crippen LogP contribution in [0.15, 0.2) is 30.3 Å². The van der Waals surface area contributed by atoms with Gasteiger partial charge in [0.25, 0.3) is 5.91 Å². The van der Waals surface area contributed by atoms with Crippen LogP contribution in [0.25, 0.3) is 0 Å². The summed E-state index contributed by atoms with van der Waals surface area (Å²) in [4.78, 5) is 12.1. The van der Waals surface area contributed by atoms with Crippen LogP contribution in [0.5, 0.6) is 5.75 Å². The molecule has 0 spiro atoms. The topological polar surface area (TPSA) is 64.3 Å². The molecule has 4 nitrogen and oxygen atoms in total. The molecule has 0 radical (unpaired) electrons. The van der Waals surface area contributed by atoms with Gasteiger partial charge in [0.15, 0.2) is 0 Å². The third kappa shape index (κ3) is 3.28. The number of rotatable bonds is 3. The number of ether oxygens (including phenoxy) is 1. The number of nitrogen functional groups attached to an aromatic ring is 1. The zero-order valence-electron chi connectivity index (χ0n) is 11.5. The Morgan fingerprint density at radius 3 is 2.52 bits per heavy atom. The van der Waals surface area contributed by atoms with Crippen molar-refractivity contribution in [1.29, 1.82) is 0 Å². The maximum absolute atomic E-state index is 13.7. The molecule has 0 aliphatic rings. The average molecular weight is 292 g/mol. The summed E-state index contributed by atoms with van der Waals surface area (Å²) in [6, 6.07) is 6.37. The summed E-state index contributed by atoms with van der Waals surface area (Å²) in [7, 11) is 1.44. The van der Waals surface area contributed by atoms with Gasteiger partial charge in [-0.2, -0.15) is 0 Å². The molecule has 3 N–H and O–H groups in total. The van der Waals surface area contributed by atoms with Crippen molar-refractivity contribution in [3.63, 3.8) is 0 Å². The molecule has 0 atom stereocenters. The van der Waals surface area contributed by atoms with Crippen LogP contribution in [0.2, 0.25) is 0 Å². The number of anilines is 2. The summed E-state index contributed by atoms with van der Waals surface area (Å²) < 4.78 is 32.1. The first kappa shape index (κ1) is 14.8. The van der Waals surface area contributed by atoms with Gasteiger partial charge < -0.3 is 15.8 Å². The number of halogens is 2. The number of carbonyl (C=O) groups excluding carboxylic acids is 1. The number of hydrogen-bond donors (Lipinski definition) is 2. The van der Waals surface area contributed by atoms with E-state index in [1.807, 2.05) is 0 Å². The Morgan fingerprint density at radius 1 is 1.14 bits per heavy atom. The maximum Gasteiger partial charge on any atom is 0.255 e. The van der Waals surface area contributed by atoms with E-state index in [1.165, 1.54) is 26.2 Å². The lowest BCUT2D eigenvalue weighted by atomic mass is 10.1. The molecule has 0 aromatic heterocycles. The van der Waals surface area contributed by atoms with Crippen LogP contribution >= 0.6 is 0 Å². The normalized spacial score (nSPS) is 10.3. The summed E-state index contributed by atoms with van der Waals surface area (Å²) in [6.07, 6.45) is 0. The highest BCUT2D eigenvalue weighted by atomic mass is 19.1. The minimum absolute atomic E-state index is 0.163. The molecule has 21 heavy (non-hydrogen) atoms. The molecule has 0 saturated heterocycles. The fraction of sp³-hybridized carbons (Fsp3) is 0.133. The van der Waals surface area contributed by atoms with Gasteiger partial charge in [-0.15, -0.1) is 0 Å². The number of hydrogen-bond acceptors (Lipinski definition) is 3. The van der Waals surface area contributed by atoms with Gasteiger partial charge >= 0.3 is 0 Å². The van der Waals surface area contributed by atoms with Crippen molar-refractivity contribution in [2.75, 3.05) is 18.2 Å². The van der Waals surface area contributed by atoms with Crippen LogP contribution in [0.4, 0.5) is 20.2 Å². The van der Waals surface area contributed by atoms with E-state index >= 15 is 0 Å². The van der Waals surface area contributed by atoms with Crippen LogP contribution in [0.1, 0.15) is 15.9 Å². The summed E-state index contributed by atoms with van der Waals surface area (Å²) in [6.45, 7) is 1.44. The van der Waals surface area contributed by atoms with Gasteiger partial charge in [0.1, 0.15) is 17.4 Å². The lowest BCUT2D eigenvalue weighted by molar-refractivity contribution is 0.102. The molecule has 0 aliphatic heterocycles. The molecular weight excluding hydrogens is 278 g/mol. The number of amides is 1. The molecule has 0 aliphatic carbocycles. The first-order valence-electron chi connectivity index (χ1n) is 6.12. The van der Waals surface area contributed by atoms with Crippen molar-refractivity contribution in [2.45, 2.75) is 6.92 Å². The molecular formula is C15H14F2N2O2. The van der Waals surface area contributed by atoms with E-state index in [9.17, 15) is 13.6 Å². The van der Waals surface area contributed by atoms with Crippen LogP contribution in [0.3, 0.4) is 0 Å². The minimum atomic E-state index is -0.710. The summed E-state index contributed by atoms with van der Waals surface area (Å²) in [5.74, 6) is -1.52. The van der Waals surface area contributed by atoms with E-state index in [-0.39, 0.29) is 16.8 Å². The summed E-state index contributed by atoms with van der Waals surface area (Å²) >= 11 is 0. The Morgan fingerprint density at radius 2 is 1.86 bits per heavy atom. The molecule has 0 bridgehead atoms. The molecule has 0 heterocycles. The van der Waals surface area contributed by atoms with Crippen molar-refractivity contribution < 1.29 is 18.3 Å². The van der Waals surface area contributed by atoms with E-state index in [0.29, 0.717) is 11.4 Å². The lowest BCUT2D eigenvalue weighted by Gasteiger charge is -2.09. The second-order valence-electron chi connectivity index (χ2n) is 4.53. The number of nitrogens with two attached hydrogens (primary N) is 1. The van der Waals surface area contributed by atoms with E-state index in [4.69, 9.17) is 10.5 Å². The Balaban J connectivity index is 2.30. The highest BCUT2D eigenvalue weighted by molar-refractivity contribution is 6.05. The van der Waals surface area contributed by atoms with Crippen LogP contribution < -0.4 is 15.8 Å². The van der Waals surface area contributed by atoms with Crippen LogP contribution in [0, 0.1) is 18.6 Å². The van der Waals surface area contributed by atoms with E-state index in [1.54, 1.807) is 6.07 Å². The van der Waals surface area contributed by atoms with Gasteiger partial charge in [0.2, 0.25) is 0 Å². The third-order valence-corrected chi connectivity index (χ3v) is 2.92. The van der Waals surface area contributed by atoms with Gasteiger partial charge in [0.05, 0.1) is 12.8 Å². The molecule has 6 heteroatoms. The van der Waals surface area contributed by atoms with Gasteiger partial charge in [-0.05, 0) is 30.7 Å². The van der Waals surface area contributed by atoms with Crippen molar-refractivity contribution >= 4 is 17.3 Å². The van der Waals surface area contributed by atoms with Crippen molar-refractivity contribution in [1.82, 2.24) is 0 Å². The Kier molecular flexibility index (Phi) is 4.07. The fourth-order valence-corrected chi connectivity index (χ4v) is 1.81. The first-order chi connectivity index (χ1) is 9.90. The largest absolute Gasteiger partial charge is 0.497 e. The molecule has 2 rings (SSSR count). The standard InChI is InChI=1S/C15H14F2N2O2/c1-8-3-13(17)14(7-12(8)16)19-15(20)9-4-10(18)6-11(5-9)21-2/h3-7H,18H2,1-2H3,(H,19,20). The molecule has 2 aromatic carbocycles. The van der Waals surface area contributed by atoms with Gasteiger partial charge in [0, 0.05) is 23.4 Å². The number of aryl methyl sites for hydroxylation is 1. The lowest BCUT2D eigenvalue weighted by Crippen LogP contribution is -2.14.